The first kappa shape index (κ1) is 16.0. The van der Waals surface area contributed by atoms with Gasteiger partial charge in [-0.3, -0.25) is 0 Å². The maximum atomic E-state index is 13.9. The van der Waals surface area contributed by atoms with E-state index in [2.05, 4.69) is 15.2 Å². The van der Waals surface area contributed by atoms with Crippen molar-refractivity contribution in [2.75, 3.05) is 0 Å². The molecule has 0 bridgehead atoms. The van der Waals surface area contributed by atoms with E-state index in [1.54, 1.807) is 35.4 Å². The number of aromatic hydroxyl groups is 1. The number of hydrogen-bond acceptors (Lipinski definition) is 6. The van der Waals surface area contributed by atoms with Crippen LogP contribution in [-0.2, 0) is 0 Å². The van der Waals surface area contributed by atoms with Gasteiger partial charge in [-0.05, 0) is 31.4 Å². The minimum absolute atomic E-state index is 0.0925. The summed E-state index contributed by atoms with van der Waals surface area (Å²) in [7, 11) is 0. The van der Waals surface area contributed by atoms with E-state index in [-0.39, 0.29) is 5.75 Å². The van der Waals surface area contributed by atoms with Crippen molar-refractivity contribution in [2.45, 2.75) is 38.0 Å². The molecule has 8 heteroatoms. The molecule has 25 heavy (non-hydrogen) atoms. The molecule has 130 valence electrons. The number of imidazole rings is 1. The maximum absolute atomic E-state index is 13.9. The van der Waals surface area contributed by atoms with Gasteiger partial charge < -0.3 is 14.4 Å². The fraction of sp³-hybridized carbons (Fsp3) is 0.353. The van der Waals surface area contributed by atoms with Crippen molar-refractivity contribution in [3.63, 3.8) is 0 Å². The molecule has 0 aliphatic heterocycles. The highest BCUT2D eigenvalue weighted by atomic mass is 32.1. The van der Waals surface area contributed by atoms with E-state index in [9.17, 15) is 9.50 Å². The van der Waals surface area contributed by atoms with Crippen LogP contribution in [0.2, 0.25) is 0 Å². The van der Waals surface area contributed by atoms with Crippen molar-refractivity contribution in [3.05, 3.63) is 36.9 Å². The molecule has 1 aliphatic carbocycles. The lowest BCUT2D eigenvalue weighted by atomic mass is 9.96. The van der Waals surface area contributed by atoms with Gasteiger partial charge in [0.2, 0.25) is 0 Å². The fourth-order valence-electron chi connectivity index (χ4n) is 2.95. The maximum Gasteiger partial charge on any atom is 0.294 e. The van der Waals surface area contributed by atoms with Crippen LogP contribution in [-0.4, -0.2) is 37.1 Å². The number of phenolic OH excluding ortho intramolecular Hbond substituents is 1. The quantitative estimate of drug-likeness (QED) is 0.767. The van der Waals surface area contributed by atoms with Crippen LogP contribution in [0.1, 0.15) is 25.7 Å². The Morgan fingerprint density at radius 3 is 2.88 bits per heavy atom. The largest absolute Gasteiger partial charge is 0.507 e. The molecule has 0 saturated heterocycles. The monoisotopic (exact) mass is 360 g/mol. The average Bonchev–Trinajstić information content (AvgIpc) is 3.29. The van der Waals surface area contributed by atoms with E-state index in [1.165, 1.54) is 11.3 Å². The molecule has 2 atom stereocenters. The van der Waals surface area contributed by atoms with Gasteiger partial charge in [0, 0.05) is 18.5 Å². The number of ether oxygens (including phenoxy) is 1. The van der Waals surface area contributed by atoms with Crippen LogP contribution in [0.5, 0.6) is 10.9 Å². The predicted octanol–water partition coefficient (Wildman–Crippen LogP) is 3.76. The predicted molar refractivity (Wildman–Crippen MR) is 91.9 cm³/mol. The summed E-state index contributed by atoms with van der Waals surface area (Å²) in [6.45, 7) is 0. The second kappa shape index (κ2) is 6.79. The molecular formula is C17H17FN4O2S. The highest BCUT2D eigenvalue weighted by Gasteiger charge is 2.27. The van der Waals surface area contributed by atoms with Gasteiger partial charge in [-0.2, -0.15) is 0 Å². The van der Waals surface area contributed by atoms with E-state index < -0.39 is 12.3 Å². The molecule has 0 radical (unpaired) electrons. The van der Waals surface area contributed by atoms with Crippen LogP contribution < -0.4 is 4.74 Å². The Labute approximate surface area is 147 Å². The second-order valence-electron chi connectivity index (χ2n) is 6.00. The molecule has 1 fully saturated rings. The first-order chi connectivity index (χ1) is 12.2. The van der Waals surface area contributed by atoms with Crippen LogP contribution in [0.25, 0.3) is 16.3 Å². The highest BCUT2D eigenvalue weighted by molar-refractivity contribution is 7.16. The zero-order valence-corrected chi connectivity index (χ0v) is 14.2. The lowest BCUT2D eigenvalue weighted by molar-refractivity contribution is 0.0630. The summed E-state index contributed by atoms with van der Waals surface area (Å²) in [6, 6.07) is 5.27. The molecule has 1 N–H and O–H groups in total. The van der Waals surface area contributed by atoms with Crippen LogP contribution in [0.4, 0.5) is 4.39 Å². The van der Waals surface area contributed by atoms with E-state index >= 15 is 0 Å². The average molecular weight is 360 g/mol. The van der Waals surface area contributed by atoms with Crippen LogP contribution in [0.15, 0.2) is 36.9 Å². The SMILES string of the molecule is Oc1cc(-n2ccnc2)ccc1-c1nnc(O[C@H]2CCCC[C@H]2F)s1. The topological polar surface area (TPSA) is 73.1 Å². The lowest BCUT2D eigenvalue weighted by Gasteiger charge is -2.24. The Morgan fingerprint density at radius 1 is 1.24 bits per heavy atom. The summed E-state index contributed by atoms with van der Waals surface area (Å²) in [5.74, 6) is 0.0925. The minimum Gasteiger partial charge on any atom is -0.507 e. The van der Waals surface area contributed by atoms with Gasteiger partial charge >= 0.3 is 0 Å². The molecule has 3 aromatic rings. The van der Waals surface area contributed by atoms with Crippen molar-refractivity contribution in [2.24, 2.45) is 0 Å². The molecule has 1 saturated carbocycles. The van der Waals surface area contributed by atoms with Gasteiger partial charge in [-0.25, -0.2) is 9.37 Å². The number of nitrogens with zero attached hydrogens (tertiary/aromatic N) is 4. The molecular weight excluding hydrogens is 343 g/mol. The first-order valence-corrected chi connectivity index (χ1v) is 8.98. The minimum atomic E-state index is -0.955. The van der Waals surface area contributed by atoms with Gasteiger partial charge in [0.05, 0.1) is 17.6 Å². The van der Waals surface area contributed by atoms with Crippen LogP contribution in [0.3, 0.4) is 0 Å². The van der Waals surface area contributed by atoms with Crippen molar-refractivity contribution in [1.29, 1.82) is 0 Å². The summed E-state index contributed by atoms with van der Waals surface area (Å²) in [4.78, 5) is 3.99. The molecule has 2 heterocycles. The van der Waals surface area contributed by atoms with Crippen molar-refractivity contribution in [1.82, 2.24) is 19.7 Å². The van der Waals surface area contributed by atoms with Gasteiger partial charge in [-0.15, -0.1) is 5.10 Å². The van der Waals surface area contributed by atoms with Gasteiger partial charge in [-0.1, -0.05) is 22.9 Å². The van der Waals surface area contributed by atoms with Crippen molar-refractivity contribution >= 4 is 11.3 Å². The number of rotatable bonds is 4. The smallest absolute Gasteiger partial charge is 0.294 e. The van der Waals surface area contributed by atoms with Gasteiger partial charge in [0.25, 0.3) is 5.19 Å². The Kier molecular flexibility index (Phi) is 4.35. The third kappa shape index (κ3) is 3.34. The Balaban J connectivity index is 1.53. The molecule has 1 aromatic carbocycles. The molecule has 0 spiro atoms. The summed E-state index contributed by atoms with van der Waals surface area (Å²) in [5, 5.41) is 19.3. The first-order valence-electron chi connectivity index (χ1n) is 8.16. The Bertz CT molecular complexity index is 852. The van der Waals surface area contributed by atoms with Crippen molar-refractivity contribution in [3.8, 4) is 27.2 Å². The molecule has 2 aromatic heterocycles. The zero-order chi connectivity index (χ0) is 17.2. The summed E-state index contributed by atoms with van der Waals surface area (Å²) < 4.78 is 21.4. The molecule has 4 rings (SSSR count). The van der Waals surface area contributed by atoms with E-state index in [0.717, 1.165) is 18.5 Å². The number of benzene rings is 1. The standard InChI is InChI=1S/C17H17FN4O2S/c18-13-3-1-2-4-15(13)24-17-21-20-16(25-17)12-6-5-11(9-14(12)23)22-8-7-19-10-22/h5-10,13,15,23H,1-4H2/t13-,15+/m1/s1. The summed E-state index contributed by atoms with van der Waals surface area (Å²) >= 11 is 1.21. The van der Waals surface area contributed by atoms with Crippen LogP contribution in [0, 0.1) is 0 Å². The molecule has 1 aliphatic rings. The normalized spacial score (nSPS) is 20.5. The summed E-state index contributed by atoms with van der Waals surface area (Å²) in [5.41, 5.74) is 1.36. The fourth-order valence-corrected chi connectivity index (χ4v) is 3.74. The number of phenols is 1. The second-order valence-corrected chi connectivity index (χ2v) is 6.94. The third-order valence-corrected chi connectivity index (χ3v) is 5.14. The Hall–Kier alpha value is -2.48. The number of alkyl halides is 1. The van der Waals surface area contributed by atoms with Gasteiger partial charge in [0.15, 0.2) is 5.01 Å². The number of aromatic nitrogens is 4. The molecule has 0 amide bonds. The molecule has 0 unspecified atom stereocenters. The number of hydrogen-bond donors (Lipinski definition) is 1. The number of halogens is 1. The molecule has 6 nitrogen and oxygen atoms in total. The summed E-state index contributed by atoms with van der Waals surface area (Å²) in [6.07, 6.45) is 6.81. The van der Waals surface area contributed by atoms with E-state index in [1.807, 2.05) is 6.07 Å². The third-order valence-electron chi connectivity index (χ3n) is 4.29. The van der Waals surface area contributed by atoms with E-state index in [0.29, 0.717) is 28.6 Å². The van der Waals surface area contributed by atoms with Gasteiger partial charge in [0.1, 0.15) is 18.0 Å². The van der Waals surface area contributed by atoms with E-state index in [4.69, 9.17) is 4.74 Å². The highest BCUT2D eigenvalue weighted by Crippen LogP contribution is 2.36. The van der Waals surface area contributed by atoms with Crippen LogP contribution >= 0.6 is 11.3 Å². The lowest BCUT2D eigenvalue weighted by Crippen LogP contribution is -2.31. The Morgan fingerprint density at radius 2 is 2.12 bits per heavy atom. The van der Waals surface area contributed by atoms with Crippen molar-refractivity contribution < 1.29 is 14.2 Å². The zero-order valence-electron chi connectivity index (χ0n) is 13.4.